The summed E-state index contributed by atoms with van der Waals surface area (Å²) in [6.45, 7) is 4.35. The zero-order valence-corrected chi connectivity index (χ0v) is 15.2. The van der Waals surface area contributed by atoms with Crippen LogP contribution in [0.3, 0.4) is 0 Å². The van der Waals surface area contributed by atoms with Crippen LogP contribution in [0.25, 0.3) is 11.4 Å². The second-order valence-electron chi connectivity index (χ2n) is 5.96. The number of ether oxygens (including phenoxy) is 1. The van der Waals surface area contributed by atoms with Crippen molar-refractivity contribution in [2.24, 2.45) is 5.10 Å². The molecule has 0 saturated carbocycles. The Morgan fingerprint density at radius 2 is 1.80 bits per heavy atom. The molecule has 0 spiro atoms. The second-order valence-corrected chi connectivity index (χ2v) is 6.35. The number of aromatic nitrogens is 3. The maximum Gasteiger partial charge on any atom is 0.216 e. The van der Waals surface area contributed by atoms with E-state index in [0.29, 0.717) is 16.5 Å². The van der Waals surface area contributed by atoms with E-state index >= 15 is 0 Å². The highest BCUT2D eigenvalue weighted by molar-refractivity contribution is 7.71. The van der Waals surface area contributed by atoms with Crippen molar-refractivity contribution in [1.82, 2.24) is 14.9 Å². The van der Waals surface area contributed by atoms with Crippen LogP contribution in [0.2, 0.25) is 0 Å². The maximum atomic E-state index is 5.30. The molecule has 0 bridgehead atoms. The van der Waals surface area contributed by atoms with E-state index in [4.69, 9.17) is 17.0 Å². The van der Waals surface area contributed by atoms with Gasteiger partial charge in [0.25, 0.3) is 0 Å². The molecule has 5 nitrogen and oxygen atoms in total. The summed E-state index contributed by atoms with van der Waals surface area (Å²) < 4.78 is 7.25. The molecule has 0 aliphatic heterocycles. The van der Waals surface area contributed by atoms with E-state index in [2.05, 4.69) is 53.4 Å². The number of hydrogen-bond acceptors (Lipinski definition) is 4. The SMILES string of the molecule is COc1ccc(-c2n[nH]c(=S)n2/N=C\c2ccc(C(C)C)cc2)cc1. The lowest BCUT2D eigenvalue weighted by Gasteiger charge is -2.05. The smallest absolute Gasteiger partial charge is 0.216 e. The third-order valence-corrected chi connectivity index (χ3v) is 4.19. The highest BCUT2D eigenvalue weighted by Gasteiger charge is 2.08. The van der Waals surface area contributed by atoms with Gasteiger partial charge in [0.15, 0.2) is 5.82 Å². The summed E-state index contributed by atoms with van der Waals surface area (Å²) in [5.74, 6) is 1.95. The minimum absolute atomic E-state index is 0.445. The Kier molecular flexibility index (Phi) is 5.09. The molecule has 1 aromatic heterocycles. The fraction of sp³-hybridized carbons (Fsp3) is 0.211. The van der Waals surface area contributed by atoms with Crippen molar-refractivity contribution >= 4 is 18.4 Å². The van der Waals surface area contributed by atoms with Crippen molar-refractivity contribution in [2.45, 2.75) is 19.8 Å². The number of rotatable bonds is 5. The summed E-state index contributed by atoms with van der Waals surface area (Å²) in [5.41, 5.74) is 3.21. The Hall–Kier alpha value is -2.73. The van der Waals surface area contributed by atoms with Gasteiger partial charge in [0.1, 0.15) is 5.75 Å². The minimum atomic E-state index is 0.445. The van der Waals surface area contributed by atoms with Crippen LogP contribution in [0.15, 0.2) is 53.6 Å². The quantitative estimate of drug-likeness (QED) is 0.538. The summed E-state index contributed by atoms with van der Waals surface area (Å²) >= 11 is 5.30. The number of benzene rings is 2. The number of hydrogen-bond donors (Lipinski definition) is 1. The zero-order valence-electron chi connectivity index (χ0n) is 14.4. The summed E-state index contributed by atoms with van der Waals surface area (Å²) in [6.07, 6.45) is 1.78. The summed E-state index contributed by atoms with van der Waals surface area (Å²) in [6, 6.07) is 15.9. The first-order valence-corrected chi connectivity index (χ1v) is 8.45. The van der Waals surface area contributed by atoms with Crippen molar-refractivity contribution in [3.8, 4) is 17.1 Å². The fourth-order valence-corrected chi connectivity index (χ4v) is 2.60. The maximum absolute atomic E-state index is 5.30. The van der Waals surface area contributed by atoms with Gasteiger partial charge in [-0.05, 0) is 53.5 Å². The molecule has 0 unspecified atom stereocenters. The topological polar surface area (TPSA) is 55.2 Å². The first-order chi connectivity index (χ1) is 12.1. The normalized spacial score (nSPS) is 11.4. The average Bonchev–Trinajstić information content (AvgIpc) is 3.01. The highest BCUT2D eigenvalue weighted by atomic mass is 32.1. The minimum Gasteiger partial charge on any atom is -0.497 e. The lowest BCUT2D eigenvalue weighted by atomic mass is 10.0. The lowest BCUT2D eigenvalue weighted by molar-refractivity contribution is 0.415. The molecular formula is C19H20N4OS. The number of nitrogens with zero attached hydrogens (tertiary/aromatic N) is 3. The van der Waals surface area contributed by atoms with Gasteiger partial charge in [-0.3, -0.25) is 0 Å². The van der Waals surface area contributed by atoms with Crippen molar-refractivity contribution in [3.63, 3.8) is 0 Å². The standard InChI is InChI=1S/C19H20N4OS/c1-13(2)15-6-4-14(5-7-15)12-20-23-18(21-22-19(23)25)16-8-10-17(24-3)11-9-16/h4-13H,1-3H3,(H,22,25)/b20-12-. The molecule has 0 fully saturated rings. The number of aromatic amines is 1. The van der Waals surface area contributed by atoms with E-state index in [-0.39, 0.29) is 0 Å². The highest BCUT2D eigenvalue weighted by Crippen LogP contribution is 2.21. The van der Waals surface area contributed by atoms with Gasteiger partial charge in [-0.15, -0.1) is 0 Å². The van der Waals surface area contributed by atoms with E-state index in [9.17, 15) is 0 Å². The van der Waals surface area contributed by atoms with Gasteiger partial charge >= 0.3 is 0 Å². The molecule has 25 heavy (non-hydrogen) atoms. The van der Waals surface area contributed by atoms with Gasteiger partial charge in [0.05, 0.1) is 13.3 Å². The molecule has 3 rings (SSSR count). The van der Waals surface area contributed by atoms with Crippen LogP contribution in [0.1, 0.15) is 30.9 Å². The molecule has 2 aromatic carbocycles. The lowest BCUT2D eigenvalue weighted by Crippen LogP contribution is -1.95. The third kappa shape index (κ3) is 3.85. The van der Waals surface area contributed by atoms with Crippen molar-refractivity contribution in [3.05, 3.63) is 64.4 Å². The van der Waals surface area contributed by atoms with E-state index < -0.39 is 0 Å². The van der Waals surface area contributed by atoms with E-state index in [1.807, 2.05) is 24.3 Å². The number of nitrogens with one attached hydrogen (secondary N) is 1. The van der Waals surface area contributed by atoms with Crippen LogP contribution >= 0.6 is 12.2 Å². The molecule has 0 aliphatic carbocycles. The molecule has 0 atom stereocenters. The number of H-pyrrole nitrogens is 1. The monoisotopic (exact) mass is 352 g/mol. The third-order valence-electron chi connectivity index (χ3n) is 3.92. The van der Waals surface area contributed by atoms with E-state index in [1.54, 1.807) is 18.0 Å². The fourth-order valence-electron chi connectivity index (χ4n) is 2.42. The van der Waals surface area contributed by atoms with Crippen molar-refractivity contribution in [1.29, 1.82) is 0 Å². The Morgan fingerprint density at radius 1 is 1.12 bits per heavy atom. The van der Waals surface area contributed by atoms with Gasteiger partial charge in [-0.25, -0.2) is 5.10 Å². The van der Waals surface area contributed by atoms with E-state index in [1.165, 1.54) is 5.56 Å². The van der Waals surface area contributed by atoms with Crippen LogP contribution in [-0.2, 0) is 0 Å². The molecule has 0 amide bonds. The Labute approximate surface area is 152 Å². The predicted octanol–water partition coefficient (Wildman–Crippen LogP) is 4.62. The summed E-state index contributed by atoms with van der Waals surface area (Å²) in [7, 11) is 1.64. The molecule has 0 radical (unpaired) electrons. The molecule has 1 heterocycles. The molecular weight excluding hydrogens is 332 g/mol. The Bertz CT molecular complexity index is 921. The second kappa shape index (κ2) is 7.44. The number of methoxy groups -OCH3 is 1. The largest absolute Gasteiger partial charge is 0.497 e. The van der Waals surface area contributed by atoms with Crippen molar-refractivity contribution in [2.75, 3.05) is 7.11 Å². The summed E-state index contributed by atoms with van der Waals surface area (Å²) in [5, 5.41) is 11.6. The van der Waals surface area contributed by atoms with Gasteiger partial charge in [0, 0.05) is 5.56 Å². The summed E-state index contributed by atoms with van der Waals surface area (Å²) in [4.78, 5) is 0. The first-order valence-electron chi connectivity index (χ1n) is 8.04. The molecule has 1 N–H and O–H groups in total. The average molecular weight is 352 g/mol. The predicted molar refractivity (Wildman–Crippen MR) is 103 cm³/mol. The van der Waals surface area contributed by atoms with Gasteiger partial charge < -0.3 is 4.74 Å². The van der Waals surface area contributed by atoms with Gasteiger partial charge in [0.2, 0.25) is 4.77 Å². The van der Waals surface area contributed by atoms with Crippen LogP contribution < -0.4 is 4.74 Å². The van der Waals surface area contributed by atoms with Gasteiger partial charge in [-0.1, -0.05) is 38.1 Å². The van der Waals surface area contributed by atoms with Crippen molar-refractivity contribution < 1.29 is 4.74 Å². The van der Waals surface area contributed by atoms with Crippen LogP contribution in [0.4, 0.5) is 0 Å². The van der Waals surface area contributed by atoms with E-state index in [0.717, 1.165) is 16.9 Å². The molecule has 6 heteroatoms. The van der Waals surface area contributed by atoms with Crippen LogP contribution in [0, 0.1) is 4.77 Å². The zero-order chi connectivity index (χ0) is 17.8. The molecule has 0 saturated heterocycles. The molecule has 128 valence electrons. The molecule has 0 aliphatic rings. The van der Waals surface area contributed by atoms with Gasteiger partial charge in [-0.2, -0.15) is 14.9 Å². The molecule has 3 aromatic rings. The Balaban J connectivity index is 1.89. The Morgan fingerprint density at radius 3 is 2.40 bits per heavy atom. The van der Waals surface area contributed by atoms with Crippen LogP contribution in [0.5, 0.6) is 5.75 Å². The first kappa shape index (κ1) is 17.1. The van der Waals surface area contributed by atoms with Crippen LogP contribution in [-0.4, -0.2) is 28.2 Å².